The summed E-state index contributed by atoms with van der Waals surface area (Å²) in [5.74, 6) is 0.141. The van der Waals surface area contributed by atoms with E-state index in [4.69, 9.17) is 0 Å². The molecule has 24 heavy (non-hydrogen) atoms. The van der Waals surface area contributed by atoms with Crippen LogP contribution >= 0.6 is 0 Å². The van der Waals surface area contributed by atoms with Crippen LogP contribution in [0.15, 0.2) is 30.5 Å². The Labute approximate surface area is 140 Å². The number of hydrogen-bond donors (Lipinski definition) is 2. The number of aryl methyl sites for hydroxylation is 1. The third-order valence-electron chi connectivity index (χ3n) is 5.70. The van der Waals surface area contributed by atoms with E-state index in [2.05, 4.69) is 34.5 Å². The van der Waals surface area contributed by atoms with Gasteiger partial charge in [-0.3, -0.25) is 4.79 Å². The van der Waals surface area contributed by atoms with Crippen molar-refractivity contribution in [3.63, 3.8) is 0 Å². The minimum absolute atomic E-state index is 0.141. The van der Waals surface area contributed by atoms with Gasteiger partial charge in [-0.05, 0) is 30.9 Å². The second kappa shape index (κ2) is 5.41. The number of H-pyrrole nitrogens is 1. The minimum Gasteiger partial charge on any atom is -0.381 e. The average molecular weight is 326 g/mol. The lowest BCUT2D eigenvalue weighted by atomic mass is 9.62. The second-order valence-corrected chi connectivity index (χ2v) is 7.11. The summed E-state index contributed by atoms with van der Waals surface area (Å²) in [5.41, 5.74) is 1.30. The molecule has 1 aliphatic heterocycles. The summed E-state index contributed by atoms with van der Waals surface area (Å²) >= 11 is 0. The van der Waals surface area contributed by atoms with Crippen LogP contribution in [0.4, 0.5) is 0 Å². The number of β-amino-alcohol motifs (C(OH)–C–C–N with tert-alkyl or cyclic N) is 1. The van der Waals surface area contributed by atoms with Crippen LogP contribution in [0.25, 0.3) is 0 Å². The summed E-state index contributed by atoms with van der Waals surface area (Å²) < 4.78 is 0. The Bertz CT molecular complexity index is 754. The Morgan fingerprint density at radius 1 is 1.29 bits per heavy atom. The average Bonchev–Trinajstić information content (AvgIpc) is 3.18. The molecule has 1 saturated heterocycles. The van der Waals surface area contributed by atoms with E-state index >= 15 is 0 Å². The number of aliphatic hydroxyl groups is 1. The molecule has 4 rings (SSSR count). The van der Waals surface area contributed by atoms with Crippen molar-refractivity contribution in [1.29, 1.82) is 0 Å². The maximum atomic E-state index is 13.3. The standard InChI is InChI=1S/C18H22N4O2/c1-13-5-2-3-6-14(13)17(7-4-8-17)16(23)22-10-9-18(24,12-22)15-11-19-21-20-15/h2-3,5-6,11,24H,4,7-10,12H2,1H3,(H,19,20,21). The van der Waals surface area contributed by atoms with E-state index < -0.39 is 11.0 Å². The summed E-state index contributed by atoms with van der Waals surface area (Å²) in [7, 11) is 0. The Hall–Kier alpha value is -2.21. The van der Waals surface area contributed by atoms with Crippen molar-refractivity contribution in [1.82, 2.24) is 20.3 Å². The molecular weight excluding hydrogens is 304 g/mol. The largest absolute Gasteiger partial charge is 0.381 e. The van der Waals surface area contributed by atoms with Crippen LogP contribution in [0.3, 0.4) is 0 Å². The van der Waals surface area contributed by atoms with E-state index in [9.17, 15) is 9.90 Å². The SMILES string of the molecule is Cc1ccccc1C1(C(=O)N2CCC(O)(c3cn[nH]n3)C2)CCC1. The number of benzene rings is 1. The molecule has 1 saturated carbocycles. The normalized spacial score (nSPS) is 25.5. The highest BCUT2D eigenvalue weighted by Crippen LogP contribution is 2.47. The van der Waals surface area contributed by atoms with Gasteiger partial charge in [-0.2, -0.15) is 15.4 Å². The van der Waals surface area contributed by atoms with Crippen molar-refractivity contribution >= 4 is 5.91 Å². The Balaban J connectivity index is 1.61. The highest BCUT2D eigenvalue weighted by atomic mass is 16.3. The number of amides is 1. The molecule has 6 heteroatoms. The van der Waals surface area contributed by atoms with Crippen LogP contribution in [0.2, 0.25) is 0 Å². The van der Waals surface area contributed by atoms with Gasteiger partial charge >= 0.3 is 0 Å². The highest BCUT2D eigenvalue weighted by Gasteiger charge is 2.51. The number of hydrogen-bond acceptors (Lipinski definition) is 4. The van der Waals surface area contributed by atoms with Gasteiger partial charge in [0.2, 0.25) is 5.91 Å². The molecule has 0 radical (unpaired) electrons. The first-order valence-corrected chi connectivity index (χ1v) is 8.49. The number of rotatable bonds is 3. The van der Waals surface area contributed by atoms with E-state index in [0.717, 1.165) is 30.4 Å². The molecule has 0 spiro atoms. The lowest BCUT2D eigenvalue weighted by Gasteiger charge is -2.44. The molecule has 2 fully saturated rings. The third kappa shape index (κ3) is 2.17. The second-order valence-electron chi connectivity index (χ2n) is 7.11. The number of nitrogens with one attached hydrogen (secondary N) is 1. The maximum absolute atomic E-state index is 13.3. The molecule has 2 heterocycles. The Morgan fingerprint density at radius 2 is 2.08 bits per heavy atom. The first-order valence-electron chi connectivity index (χ1n) is 8.49. The number of carbonyl (C=O) groups is 1. The summed E-state index contributed by atoms with van der Waals surface area (Å²) in [5, 5.41) is 21.2. The third-order valence-corrected chi connectivity index (χ3v) is 5.70. The van der Waals surface area contributed by atoms with Gasteiger partial charge in [-0.25, -0.2) is 0 Å². The predicted octanol–water partition coefficient (Wildman–Crippen LogP) is 1.65. The molecule has 1 amide bonds. The quantitative estimate of drug-likeness (QED) is 0.898. The summed E-state index contributed by atoms with van der Waals surface area (Å²) in [6, 6.07) is 8.16. The van der Waals surface area contributed by atoms with E-state index in [1.807, 2.05) is 12.1 Å². The zero-order valence-corrected chi connectivity index (χ0v) is 13.8. The predicted molar refractivity (Wildman–Crippen MR) is 88.2 cm³/mol. The van der Waals surface area contributed by atoms with Gasteiger partial charge in [0, 0.05) is 13.0 Å². The number of nitrogens with zero attached hydrogens (tertiary/aromatic N) is 3. The summed E-state index contributed by atoms with van der Waals surface area (Å²) in [6.07, 6.45) is 4.87. The first kappa shape index (κ1) is 15.3. The molecule has 1 atom stereocenters. The van der Waals surface area contributed by atoms with Gasteiger partial charge in [0.25, 0.3) is 0 Å². The zero-order valence-electron chi connectivity index (χ0n) is 13.8. The van der Waals surface area contributed by atoms with Crippen molar-refractivity contribution in [2.24, 2.45) is 0 Å². The fraction of sp³-hybridized carbons (Fsp3) is 0.500. The molecule has 1 unspecified atom stereocenters. The first-order chi connectivity index (χ1) is 11.6. The van der Waals surface area contributed by atoms with Crippen LogP contribution < -0.4 is 0 Å². The number of likely N-dealkylation sites (tertiary alicyclic amines) is 1. The fourth-order valence-corrected chi connectivity index (χ4v) is 4.14. The number of carbonyl (C=O) groups excluding carboxylic acids is 1. The molecule has 1 aromatic carbocycles. The zero-order chi connectivity index (χ0) is 16.8. The summed E-state index contributed by atoms with van der Waals surface area (Å²) in [4.78, 5) is 15.1. The fourth-order valence-electron chi connectivity index (χ4n) is 4.14. The van der Waals surface area contributed by atoms with Crippen LogP contribution in [0.5, 0.6) is 0 Å². The Kier molecular flexibility index (Phi) is 3.46. The van der Waals surface area contributed by atoms with Gasteiger partial charge in [0.15, 0.2) is 0 Å². The van der Waals surface area contributed by atoms with Crippen LogP contribution in [0, 0.1) is 6.92 Å². The smallest absolute Gasteiger partial charge is 0.233 e. The van der Waals surface area contributed by atoms with E-state index in [1.165, 1.54) is 6.20 Å². The van der Waals surface area contributed by atoms with E-state index in [0.29, 0.717) is 18.7 Å². The topological polar surface area (TPSA) is 82.1 Å². The molecule has 6 nitrogen and oxygen atoms in total. The minimum atomic E-state index is -1.10. The molecular formula is C18H22N4O2. The highest BCUT2D eigenvalue weighted by molar-refractivity contribution is 5.90. The van der Waals surface area contributed by atoms with Crippen molar-refractivity contribution in [3.05, 3.63) is 47.3 Å². The lowest BCUT2D eigenvalue weighted by molar-refractivity contribution is -0.141. The van der Waals surface area contributed by atoms with Crippen LogP contribution in [0.1, 0.15) is 42.5 Å². The number of aromatic amines is 1. The molecule has 1 aromatic heterocycles. The van der Waals surface area contributed by atoms with Gasteiger partial charge in [0.1, 0.15) is 11.3 Å². The van der Waals surface area contributed by atoms with Crippen molar-refractivity contribution in [2.45, 2.75) is 43.6 Å². The van der Waals surface area contributed by atoms with Crippen molar-refractivity contribution < 1.29 is 9.90 Å². The monoisotopic (exact) mass is 326 g/mol. The van der Waals surface area contributed by atoms with Crippen LogP contribution in [-0.4, -0.2) is 44.4 Å². The summed E-state index contributed by atoms with van der Waals surface area (Å²) in [6.45, 7) is 2.90. The van der Waals surface area contributed by atoms with Crippen molar-refractivity contribution in [2.75, 3.05) is 13.1 Å². The van der Waals surface area contributed by atoms with Gasteiger partial charge < -0.3 is 10.0 Å². The molecule has 2 aliphatic rings. The molecule has 0 bridgehead atoms. The van der Waals surface area contributed by atoms with Crippen LogP contribution in [-0.2, 0) is 15.8 Å². The van der Waals surface area contributed by atoms with Crippen molar-refractivity contribution in [3.8, 4) is 0 Å². The molecule has 2 N–H and O–H groups in total. The molecule has 126 valence electrons. The van der Waals surface area contributed by atoms with E-state index in [-0.39, 0.29) is 12.5 Å². The van der Waals surface area contributed by atoms with Gasteiger partial charge in [-0.1, -0.05) is 30.7 Å². The lowest BCUT2D eigenvalue weighted by Crippen LogP contribution is -2.51. The number of aromatic nitrogens is 3. The van der Waals surface area contributed by atoms with Gasteiger partial charge in [0.05, 0.1) is 18.2 Å². The van der Waals surface area contributed by atoms with Gasteiger partial charge in [-0.15, -0.1) is 0 Å². The Morgan fingerprint density at radius 3 is 2.71 bits per heavy atom. The maximum Gasteiger partial charge on any atom is 0.233 e. The van der Waals surface area contributed by atoms with E-state index in [1.54, 1.807) is 4.90 Å². The molecule has 1 aliphatic carbocycles. The molecule has 2 aromatic rings.